The number of benzene rings is 2. The Bertz CT molecular complexity index is 803. The molecule has 0 saturated heterocycles. The maximum absolute atomic E-state index is 13.2. The van der Waals surface area contributed by atoms with Gasteiger partial charge in [0.25, 0.3) is 0 Å². The largest absolute Gasteiger partial charge is 0.507 e. The molecule has 0 aliphatic carbocycles. The van der Waals surface area contributed by atoms with E-state index >= 15 is 0 Å². The van der Waals surface area contributed by atoms with Gasteiger partial charge in [-0.05, 0) is 54.2 Å². The zero-order valence-electron chi connectivity index (χ0n) is 18.1. The third-order valence-electron chi connectivity index (χ3n) is 4.74. The van der Waals surface area contributed by atoms with Gasteiger partial charge in [0.2, 0.25) is 0 Å². The lowest BCUT2D eigenvalue weighted by Crippen LogP contribution is -2.19. The lowest BCUT2D eigenvalue weighted by molar-refractivity contribution is 0.103. The summed E-state index contributed by atoms with van der Waals surface area (Å²) in [6.07, 6.45) is -0.440. The van der Waals surface area contributed by atoms with Crippen LogP contribution < -0.4 is 5.32 Å². The molecule has 2 aromatic rings. The van der Waals surface area contributed by atoms with Gasteiger partial charge in [-0.15, -0.1) is 0 Å². The zero-order valence-corrected chi connectivity index (χ0v) is 18.1. The highest BCUT2D eigenvalue weighted by Gasteiger charge is 2.28. The quantitative estimate of drug-likeness (QED) is 0.635. The first kappa shape index (κ1) is 22.0. The lowest BCUT2D eigenvalue weighted by Gasteiger charge is -2.28. The van der Waals surface area contributed by atoms with Crippen molar-refractivity contribution < 1.29 is 15.0 Å². The molecule has 4 nitrogen and oxygen atoms in total. The van der Waals surface area contributed by atoms with E-state index in [4.69, 9.17) is 0 Å². The predicted molar refractivity (Wildman–Crippen MR) is 116 cm³/mol. The van der Waals surface area contributed by atoms with Gasteiger partial charge in [0, 0.05) is 34.5 Å². The van der Waals surface area contributed by atoms with Gasteiger partial charge in [-0.1, -0.05) is 41.5 Å². The molecule has 0 amide bonds. The normalized spacial score (nSPS) is 13.3. The third kappa shape index (κ3) is 5.14. The molecule has 28 heavy (non-hydrogen) atoms. The van der Waals surface area contributed by atoms with Crippen LogP contribution in [0.5, 0.6) is 5.75 Å². The second-order valence-corrected chi connectivity index (χ2v) is 9.56. The van der Waals surface area contributed by atoms with E-state index < -0.39 is 6.10 Å². The molecule has 0 fully saturated rings. The van der Waals surface area contributed by atoms with Crippen molar-refractivity contribution in [2.75, 3.05) is 11.9 Å². The lowest BCUT2D eigenvalue weighted by atomic mass is 9.77. The van der Waals surface area contributed by atoms with E-state index in [9.17, 15) is 15.0 Å². The molecule has 0 aromatic heterocycles. The van der Waals surface area contributed by atoms with Gasteiger partial charge in [-0.3, -0.25) is 4.79 Å². The summed E-state index contributed by atoms with van der Waals surface area (Å²) in [6, 6.07) is 10.9. The number of nitrogens with one attached hydrogen (secondary N) is 1. The molecule has 2 aromatic carbocycles. The Kier molecular flexibility index (Phi) is 6.24. The van der Waals surface area contributed by atoms with Gasteiger partial charge in [-0.25, -0.2) is 0 Å². The summed E-state index contributed by atoms with van der Waals surface area (Å²) in [6.45, 7) is 14.4. The fourth-order valence-corrected chi connectivity index (χ4v) is 3.08. The highest BCUT2D eigenvalue weighted by Crippen LogP contribution is 2.40. The molecule has 1 atom stereocenters. The van der Waals surface area contributed by atoms with Gasteiger partial charge in [-0.2, -0.15) is 0 Å². The number of phenols is 1. The van der Waals surface area contributed by atoms with Crippen LogP contribution in [-0.2, 0) is 10.8 Å². The number of aromatic hydroxyl groups is 1. The van der Waals surface area contributed by atoms with Crippen molar-refractivity contribution in [3.63, 3.8) is 0 Å². The number of hydrogen-bond donors (Lipinski definition) is 3. The van der Waals surface area contributed by atoms with E-state index in [0.29, 0.717) is 17.7 Å². The predicted octanol–water partition coefficient (Wildman–Crippen LogP) is 5.01. The molecule has 152 valence electrons. The minimum absolute atomic E-state index is 0.0712. The highest BCUT2D eigenvalue weighted by atomic mass is 16.3. The number of carbonyl (C=O) groups is 1. The number of phenolic OH excluding ortho intramolecular Hbond substituents is 1. The minimum Gasteiger partial charge on any atom is -0.507 e. The molecule has 0 aliphatic heterocycles. The Labute approximate surface area is 168 Å². The van der Waals surface area contributed by atoms with E-state index in [1.165, 1.54) is 0 Å². The van der Waals surface area contributed by atoms with E-state index in [0.717, 1.165) is 16.8 Å². The van der Waals surface area contributed by atoms with Crippen LogP contribution in [0.2, 0.25) is 0 Å². The van der Waals surface area contributed by atoms with Crippen LogP contribution >= 0.6 is 0 Å². The van der Waals surface area contributed by atoms with Gasteiger partial charge < -0.3 is 15.5 Å². The average molecular weight is 384 g/mol. The highest BCUT2D eigenvalue weighted by molar-refractivity contribution is 6.09. The summed E-state index contributed by atoms with van der Waals surface area (Å²) in [7, 11) is 0. The Balaban J connectivity index is 2.45. The van der Waals surface area contributed by atoms with Crippen LogP contribution in [0.25, 0.3) is 0 Å². The maximum Gasteiger partial charge on any atom is 0.193 e. The van der Waals surface area contributed by atoms with Gasteiger partial charge >= 0.3 is 0 Å². The van der Waals surface area contributed by atoms with Crippen molar-refractivity contribution in [3.8, 4) is 5.75 Å². The summed E-state index contributed by atoms with van der Waals surface area (Å²) < 4.78 is 0. The van der Waals surface area contributed by atoms with Crippen molar-refractivity contribution >= 4 is 11.5 Å². The van der Waals surface area contributed by atoms with E-state index in [-0.39, 0.29) is 22.4 Å². The molecule has 0 heterocycles. The summed E-state index contributed by atoms with van der Waals surface area (Å²) in [5, 5.41) is 23.3. The zero-order chi connectivity index (χ0) is 21.3. The molecule has 0 radical (unpaired) electrons. The minimum atomic E-state index is -0.440. The first-order valence-electron chi connectivity index (χ1n) is 9.75. The van der Waals surface area contributed by atoms with Crippen LogP contribution in [0.3, 0.4) is 0 Å². The van der Waals surface area contributed by atoms with Crippen molar-refractivity contribution in [2.45, 2.75) is 65.4 Å². The van der Waals surface area contributed by atoms with Crippen LogP contribution in [0.1, 0.15) is 75.5 Å². The number of aliphatic hydroxyl groups excluding tert-OH is 1. The fourth-order valence-electron chi connectivity index (χ4n) is 3.08. The molecule has 0 saturated carbocycles. The summed E-state index contributed by atoms with van der Waals surface area (Å²) >= 11 is 0. The number of hydrogen-bond acceptors (Lipinski definition) is 4. The molecule has 2 rings (SSSR count). The second-order valence-electron chi connectivity index (χ2n) is 9.56. The van der Waals surface area contributed by atoms with Crippen molar-refractivity contribution in [3.05, 3.63) is 58.7 Å². The van der Waals surface area contributed by atoms with E-state index in [1.807, 2.05) is 65.8 Å². The van der Waals surface area contributed by atoms with Crippen LogP contribution in [0, 0.1) is 0 Å². The van der Waals surface area contributed by atoms with Gasteiger partial charge in [0.1, 0.15) is 5.75 Å². The topological polar surface area (TPSA) is 69.6 Å². The van der Waals surface area contributed by atoms with Crippen LogP contribution in [0.15, 0.2) is 36.4 Å². The van der Waals surface area contributed by atoms with Crippen LogP contribution in [0.4, 0.5) is 5.69 Å². The second kappa shape index (κ2) is 7.96. The monoisotopic (exact) mass is 383 g/mol. The van der Waals surface area contributed by atoms with Gasteiger partial charge in [0.15, 0.2) is 5.78 Å². The number of ketones is 1. The summed E-state index contributed by atoms with van der Waals surface area (Å²) in [5.41, 5.74) is 3.01. The molecule has 0 aliphatic rings. The number of anilines is 1. The Morgan fingerprint density at radius 1 is 0.929 bits per heavy atom. The standard InChI is InChI=1S/C24H33NO3/c1-15(26)14-25-18-10-8-16(9-11-18)21(27)17-12-19(23(2,3)4)22(28)20(13-17)24(5,6)7/h8-13,15,25-26,28H,14H2,1-7H3. The van der Waals surface area contributed by atoms with Crippen molar-refractivity contribution in [1.29, 1.82) is 0 Å². The SMILES string of the molecule is CC(O)CNc1ccc(C(=O)c2cc(C(C)(C)C)c(O)c(C(C)(C)C)c2)cc1. The van der Waals surface area contributed by atoms with Crippen LogP contribution in [-0.4, -0.2) is 28.6 Å². The van der Waals surface area contributed by atoms with Gasteiger partial charge in [0.05, 0.1) is 6.10 Å². The average Bonchev–Trinajstić information content (AvgIpc) is 2.58. The molecular weight excluding hydrogens is 350 g/mol. The van der Waals surface area contributed by atoms with Crippen molar-refractivity contribution in [1.82, 2.24) is 0 Å². The molecule has 3 N–H and O–H groups in total. The number of rotatable bonds is 5. The van der Waals surface area contributed by atoms with E-state index in [1.54, 1.807) is 19.1 Å². The first-order chi connectivity index (χ1) is 12.8. The summed E-state index contributed by atoms with van der Waals surface area (Å²) in [4.78, 5) is 13.2. The fraction of sp³-hybridized carbons (Fsp3) is 0.458. The molecule has 1 unspecified atom stereocenters. The Morgan fingerprint density at radius 2 is 1.39 bits per heavy atom. The molecule has 4 heteroatoms. The maximum atomic E-state index is 13.2. The smallest absolute Gasteiger partial charge is 0.193 e. The molecule has 0 spiro atoms. The molecular formula is C24H33NO3. The van der Waals surface area contributed by atoms with E-state index in [2.05, 4.69) is 5.32 Å². The Morgan fingerprint density at radius 3 is 1.79 bits per heavy atom. The Hall–Kier alpha value is -2.33. The summed E-state index contributed by atoms with van der Waals surface area (Å²) in [5.74, 6) is 0.201. The first-order valence-corrected chi connectivity index (χ1v) is 9.75. The third-order valence-corrected chi connectivity index (χ3v) is 4.74. The van der Waals surface area contributed by atoms with Crippen molar-refractivity contribution in [2.24, 2.45) is 0 Å². The molecule has 0 bridgehead atoms. The number of aliphatic hydroxyl groups is 1. The number of carbonyl (C=O) groups excluding carboxylic acids is 1.